The normalized spacial score (nSPS) is 22.1. The van der Waals surface area contributed by atoms with Crippen molar-refractivity contribution in [3.8, 4) is 0 Å². The minimum Gasteiger partial charge on any atom is -0.351 e. The second-order valence-electron chi connectivity index (χ2n) is 5.12. The van der Waals surface area contributed by atoms with E-state index in [9.17, 15) is 4.79 Å². The molecule has 0 radical (unpaired) electrons. The number of rotatable bonds is 4. The maximum Gasteiger partial charge on any atom is 0.225 e. The largest absolute Gasteiger partial charge is 0.351 e. The number of thiophene rings is 1. The molecule has 2 N–H and O–H groups in total. The number of carbonyl (C=O) groups excluding carboxylic acids is 1. The van der Waals surface area contributed by atoms with Crippen LogP contribution in [0, 0.1) is 5.92 Å². The number of nitrogens with zero attached hydrogens (tertiary/aromatic N) is 2. The van der Waals surface area contributed by atoms with Crippen LogP contribution in [0.15, 0.2) is 29.9 Å². The molecular weight excluding hydrogens is 272 g/mol. The number of hydrogen-bond donors (Lipinski definition) is 2. The Morgan fingerprint density at radius 3 is 3.20 bits per heavy atom. The maximum atomic E-state index is 12.4. The zero-order valence-electron chi connectivity index (χ0n) is 11.4. The van der Waals surface area contributed by atoms with Crippen LogP contribution >= 0.6 is 11.3 Å². The summed E-state index contributed by atoms with van der Waals surface area (Å²) in [6, 6.07) is 4.04. The molecule has 1 saturated heterocycles. The van der Waals surface area contributed by atoms with E-state index in [0.717, 1.165) is 18.7 Å². The van der Waals surface area contributed by atoms with E-state index in [1.54, 1.807) is 16.0 Å². The highest BCUT2D eigenvalue weighted by atomic mass is 32.1. The third-order valence-corrected chi connectivity index (χ3v) is 4.60. The Labute approximate surface area is 122 Å². The Hall–Kier alpha value is -1.66. The first-order valence-electron chi connectivity index (χ1n) is 6.73. The van der Waals surface area contributed by atoms with Crippen LogP contribution in [0.1, 0.15) is 16.4 Å². The first-order chi connectivity index (χ1) is 9.74. The lowest BCUT2D eigenvalue weighted by atomic mass is 9.90. The molecule has 5 nitrogen and oxygen atoms in total. The highest BCUT2D eigenvalue weighted by molar-refractivity contribution is 7.09. The zero-order valence-corrected chi connectivity index (χ0v) is 12.2. The van der Waals surface area contributed by atoms with Gasteiger partial charge in [-0.25, -0.2) is 0 Å². The predicted molar refractivity (Wildman–Crippen MR) is 78.5 cm³/mol. The van der Waals surface area contributed by atoms with Crippen LogP contribution in [-0.2, 0) is 18.4 Å². The van der Waals surface area contributed by atoms with Gasteiger partial charge in [0.25, 0.3) is 0 Å². The van der Waals surface area contributed by atoms with E-state index >= 15 is 0 Å². The Balaban J connectivity index is 1.64. The molecule has 1 fully saturated rings. The summed E-state index contributed by atoms with van der Waals surface area (Å²) < 4.78 is 1.79. The molecule has 0 aliphatic carbocycles. The van der Waals surface area contributed by atoms with Gasteiger partial charge in [-0.2, -0.15) is 5.10 Å². The Bertz CT molecular complexity index is 578. The van der Waals surface area contributed by atoms with Gasteiger partial charge >= 0.3 is 0 Å². The minimum absolute atomic E-state index is 0.0147. The monoisotopic (exact) mass is 290 g/mol. The number of nitrogens with one attached hydrogen (secondary N) is 2. The highest BCUT2D eigenvalue weighted by Crippen LogP contribution is 2.28. The third kappa shape index (κ3) is 2.76. The molecule has 6 heteroatoms. The van der Waals surface area contributed by atoms with Crippen LogP contribution in [0.4, 0.5) is 0 Å². The van der Waals surface area contributed by atoms with Crippen molar-refractivity contribution in [2.75, 3.05) is 13.1 Å². The molecule has 0 saturated carbocycles. The summed E-state index contributed by atoms with van der Waals surface area (Å²) in [4.78, 5) is 13.5. The number of carbonyl (C=O) groups is 1. The molecular formula is C14H18N4OS. The van der Waals surface area contributed by atoms with Crippen molar-refractivity contribution in [1.29, 1.82) is 0 Å². The van der Waals surface area contributed by atoms with E-state index in [4.69, 9.17) is 0 Å². The van der Waals surface area contributed by atoms with Crippen molar-refractivity contribution in [3.63, 3.8) is 0 Å². The lowest BCUT2D eigenvalue weighted by Gasteiger charge is -2.16. The van der Waals surface area contributed by atoms with Crippen LogP contribution < -0.4 is 10.6 Å². The van der Waals surface area contributed by atoms with Gasteiger partial charge in [0.15, 0.2) is 0 Å². The van der Waals surface area contributed by atoms with Crippen molar-refractivity contribution in [2.24, 2.45) is 13.0 Å². The average molecular weight is 290 g/mol. The van der Waals surface area contributed by atoms with Crippen molar-refractivity contribution in [2.45, 2.75) is 12.5 Å². The van der Waals surface area contributed by atoms with Crippen LogP contribution in [0.5, 0.6) is 0 Å². The summed E-state index contributed by atoms with van der Waals surface area (Å²) in [6.45, 7) is 2.19. The maximum absolute atomic E-state index is 12.4. The van der Waals surface area contributed by atoms with Gasteiger partial charge in [-0.3, -0.25) is 9.48 Å². The van der Waals surface area contributed by atoms with Crippen molar-refractivity contribution < 1.29 is 4.79 Å². The minimum atomic E-state index is -0.0147. The second-order valence-corrected chi connectivity index (χ2v) is 6.15. The molecule has 2 aromatic rings. The third-order valence-electron chi connectivity index (χ3n) is 3.72. The number of hydrogen-bond acceptors (Lipinski definition) is 4. The van der Waals surface area contributed by atoms with Crippen LogP contribution in [0.25, 0.3) is 0 Å². The number of aryl methyl sites for hydroxylation is 1. The van der Waals surface area contributed by atoms with E-state index in [0.29, 0.717) is 6.54 Å². The van der Waals surface area contributed by atoms with Crippen LogP contribution in [-0.4, -0.2) is 28.8 Å². The van der Waals surface area contributed by atoms with Gasteiger partial charge in [-0.05, 0) is 17.0 Å². The first kappa shape index (κ1) is 13.3. The van der Waals surface area contributed by atoms with Gasteiger partial charge in [-0.15, -0.1) is 11.3 Å². The standard InChI is InChI=1S/C14H18N4OS/c1-18-9-10(5-17-18)12-7-15-8-13(12)14(19)16-6-11-3-2-4-20-11/h2-5,9,12-13,15H,6-8H2,1H3,(H,16,19)/t12-,13+/m1/s1. The zero-order chi connectivity index (χ0) is 13.9. The molecule has 0 bridgehead atoms. The van der Waals surface area contributed by atoms with Gasteiger partial charge < -0.3 is 10.6 Å². The second kappa shape index (κ2) is 5.76. The van der Waals surface area contributed by atoms with E-state index in [-0.39, 0.29) is 17.7 Å². The summed E-state index contributed by atoms with van der Waals surface area (Å²) in [5, 5.41) is 12.6. The smallest absolute Gasteiger partial charge is 0.225 e. The van der Waals surface area contributed by atoms with Gasteiger partial charge in [0, 0.05) is 37.1 Å². The Kier molecular flexibility index (Phi) is 3.84. The van der Waals surface area contributed by atoms with E-state index in [1.807, 2.05) is 37.0 Å². The fourth-order valence-corrected chi connectivity index (χ4v) is 3.30. The quantitative estimate of drug-likeness (QED) is 0.886. The fraction of sp³-hybridized carbons (Fsp3) is 0.429. The number of amides is 1. The average Bonchev–Trinajstić information content (AvgIpc) is 3.16. The SMILES string of the molecule is Cn1cc([C@H]2CNC[C@@H]2C(=O)NCc2cccs2)cn1. The summed E-state index contributed by atoms with van der Waals surface area (Å²) in [6.07, 6.45) is 3.86. The van der Waals surface area contributed by atoms with Gasteiger partial charge in [0.1, 0.15) is 0 Å². The Morgan fingerprint density at radius 2 is 2.50 bits per heavy atom. The van der Waals surface area contributed by atoms with Crippen molar-refractivity contribution in [1.82, 2.24) is 20.4 Å². The summed E-state index contributed by atoms with van der Waals surface area (Å²) in [5.74, 6) is 0.323. The molecule has 2 atom stereocenters. The summed E-state index contributed by atoms with van der Waals surface area (Å²) in [7, 11) is 1.90. The van der Waals surface area contributed by atoms with E-state index < -0.39 is 0 Å². The topological polar surface area (TPSA) is 59.0 Å². The fourth-order valence-electron chi connectivity index (χ4n) is 2.65. The molecule has 0 unspecified atom stereocenters. The molecule has 0 spiro atoms. The molecule has 3 rings (SSSR count). The Morgan fingerprint density at radius 1 is 1.60 bits per heavy atom. The molecule has 0 aromatic carbocycles. The van der Waals surface area contributed by atoms with Gasteiger partial charge in [0.05, 0.1) is 18.7 Å². The predicted octanol–water partition coefficient (Wildman–Crippen LogP) is 1.10. The van der Waals surface area contributed by atoms with E-state index in [1.165, 1.54) is 4.88 Å². The molecule has 106 valence electrons. The van der Waals surface area contributed by atoms with Crippen molar-refractivity contribution in [3.05, 3.63) is 40.3 Å². The molecule has 2 aromatic heterocycles. The van der Waals surface area contributed by atoms with E-state index in [2.05, 4.69) is 15.7 Å². The molecule has 1 amide bonds. The lowest BCUT2D eigenvalue weighted by Crippen LogP contribution is -2.33. The van der Waals surface area contributed by atoms with Gasteiger partial charge in [0.2, 0.25) is 5.91 Å². The number of aromatic nitrogens is 2. The molecule has 3 heterocycles. The summed E-state index contributed by atoms with van der Waals surface area (Å²) in [5.41, 5.74) is 1.13. The molecule has 20 heavy (non-hydrogen) atoms. The molecule has 1 aliphatic rings. The van der Waals surface area contributed by atoms with Crippen LogP contribution in [0.3, 0.4) is 0 Å². The molecule has 1 aliphatic heterocycles. The summed E-state index contributed by atoms with van der Waals surface area (Å²) >= 11 is 1.66. The van der Waals surface area contributed by atoms with Gasteiger partial charge in [-0.1, -0.05) is 6.07 Å². The lowest BCUT2D eigenvalue weighted by molar-refractivity contribution is -0.124. The first-order valence-corrected chi connectivity index (χ1v) is 7.61. The van der Waals surface area contributed by atoms with Crippen molar-refractivity contribution >= 4 is 17.2 Å². The highest BCUT2D eigenvalue weighted by Gasteiger charge is 2.34. The van der Waals surface area contributed by atoms with Crippen LogP contribution in [0.2, 0.25) is 0 Å².